The molecule has 15 heavy (non-hydrogen) atoms. The summed E-state index contributed by atoms with van der Waals surface area (Å²) >= 11 is 5.39. The zero-order valence-corrected chi connectivity index (χ0v) is 9.25. The Bertz CT molecular complexity index is 543. The number of sulfone groups is 1. The molecule has 0 saturated carbocycles. The largest absolute Gasteiger partial charge is 0.428 e. The van der Waals surface area contributed by atoms with Gasteiger partial charge < -0.3 is 4.42 Å². The second-order valence-electron chi connectivity index (χ2n) is 2.96. The average Bonchev–Trinajstić information content (AvgIpc) is 2.61. The lowest BCUT2D eigenvalue weighted by Crippen LogP contribution is -2.07. The van der Waals surface area contributed by atoms with Crippen molar-refractivity contribution in [2.75, 3.05) is 11.6 Å². The molecule has 0 fully saturated rings. The molecule has 0 aliphatic heterocycles. The molecule has 2 aromatic rings. The molecule has 0 aliphatic carbocycles. The van der Waals surface area contributed by atoms with Gasteiger partial charge in [0.05, 0.1) is 5.75 Å². The van der Waals surface area contributed by atoms with Crippen molar-refractivity contribution in [3.8, 4) is 0 Å². The Labute approximate surface area is 91.8 Å². The molecule has 0 saturated heterocycles. The summed E-state index contributed by atoms with van der Waals surface area (Å²) in [6.45, 7) is 0. The van der Waals surface area contributed by atoms with Crippen molar-refractivity contribution in [2.24, 2.45) is 0 Å². The maximum Gasteiger partial charge on any atom is 0.316 e. The summed E-state index contributed by atoms with van der Waals surface area (Å²) < 4.78 is 28.2. The summed E-state index contributed by atoms with van der Waals surface area (Å²) in [7, 11) is -3.48. The highest BCUT2D eigenvalue weighted by Gasteiger charge is 2.20. The Kier molecular flexibility index (Phi) is 2.67. The van der Waals surface area contributed by atoms with Gasteiger partial charge in [-0.25, -0.2) is 8.42 Å². The maximum atomic E-state index is 11.6. The number of halogens is 1. The number of alkyl halides is 1. The van der Waals surface area contributed by atoms with Crippen molar-refractivity contribution < 1.29 is 12.8 Å². The Morgan fingerprint density at radius 3 is 2.73 bits per heavy atom. The number of fused-ring (bicyclic) bond motifs is 1. The summed E-state index contributed by atoms with van der Waals surface area (Å²) in [5.74, 6) is -0.136. The van der Waals surface area contributed by atoms with E-state index in [0.29, 0.717) is 11.1 Å². The summed E-state index contributed by atoms with van der Waals surface area (Å²) in [6, 6.07) is 6.88. The van der Waals surface area contributed by atoms with Gasteiger partial charge in [-0.1, -0.05) is 12.1 Å². The minimum atomic E-state index is -3.48. The molecule has 1 heterocycles. The van der Waals surface area contributed by atoms with Crippen molar-refractivity contribution >= 4 is 32.5 Å². The van der Waals surface area contributed by atoms with Gasteiger partial charge in [-0.3, -0.25) is 0 Å². The molecule has 0 spiro atoms. The van der Waals surface area contributed by atoms with Crippen molar-refractivity contribution in [3.05, 3.63) is 24.3 Å². The monoisotopic (exact) mass is 245 g/mol. The molecule has 1 aromatic heterocycles. The summed E-state index contributed by atoms with van der Waals surface area (Å²) in [6.07, 6.45) is 0. The van der Waals surface area contributed by atoms with Crippen molar-refractivity contribution in [3.63, 3.8) is 0 Å². The zero-order valence-electron chi connectivity index (χ0n) is 7.68. The summed E-state index contributed by atoms with van der Waals surface area (Å²) in [4.78, 5) is 3.89. The molecule has 0 unspecified atom stereocenters. The third-order valence-corrected chi connectivity index (χ3v) is 3.75. The lowest BCUT2D eigenvalue weighted by molar-refractivity contribution is 0.459. The first-order valence-electron chi connectivity index (χ1n) is 4.28. The number of rotatable bonds is 3. The smallest absolute Gasteiger partial charge is 0.316 e. The van der Waals surface area contributed by atoms with E-state index in [2.05, 4.69) is 4.98 Å². The topological polar surface area (TPSA) is 60.2 Å². The van der Waals surface area contributed by atoms with E-state index in [9.17, 15) is 8.42 Å². The number of nitrogens with zero attached hydrogens (tertiary/aromatic N) is 1. The zero-order chi connectivity index (χ0) is 10.9. The number of para-hydroxylation sites is 2. The van der Waals surface area contributed by atoms with Gasteiger partial charge >= 0.3 is 5.22 Å². The summed E-state index contributed by atoms with van der Waals surface area (Å²) in [5, 5.41) is -0.260. The Morgan fingerprint density at radius 2 is 2.07 bits per heavy atom. The standard InChI is InChI=1S/C9H8ClNO3S/c10-5-6-15(12,13)9-11-7-3-1-2-4-8(7)14-9/h1-4H,5-6H2. The van der Waals surface area contributed by atoms with Crippen LogP contribution in [-0.4, -0.2) is 25.0 Å². The van der Waals surface area contributed by atoms with Gasteiger partial charge in [0.1, 0.15) is 5.52 Å². The highest BCUT2D eigenvalue weighted by Crippen LogP contribution is 2.19. The fourth-order valence-electron chi connectivity index (χ4n) is 1.17. The van der Waals surface area contributed by atoms with Crippen LogP contribution >= 0.6 is 11.6 Å². The fourth-order valence-corrected chi connectivity index (χ4v) is 2.61. The highest BCUT2D eigenvalue weighted by atomic mass is 35.5. The fraction of sp³-hybridized carbons (Fsp3) is 0.222. The van der Waals surface area contributed by atoms with Gasteiger partial charge in [0, 0.05) is 5.88 Å². The second kappa shape index (κ2) is 3.83. The van der Waals surface area contributed by atoms with Crippen LogP contribution in [0.1, 0.15) is 0 Å². The average molecular weight is 246 g/mol. The Morgan fingerprint density at radius 1 is 1.33 bits per heavy atom. The second-order valence-corrected chi connectivity index (χ2v) is 5.32. The van der Waals surface area contributed by atoms with E-state index in [1.54, 1.807) is 24.3 Å². The first-order valence-corrected chi connectivity index (χ1v) is 6.46. The van der Waals surface area contributed by atoms with Gasteiger partial charge in [0.25, 0.3) is 0 Å². The van der Waals surface area contributed by atoms with Crippen molar-refractivity contribution in [2.45, 2.75) is 5.22 Å². The number of hydrogen-bond donors (Lipinski definition) is 0. The molecule has 1 aromatic carbocycles. The number of oxazole rings is 1. The summed E-state index contributed by atoms with van der Waals surface area (Å²) in [5.41, 5.74) is 0.997. The van der Waals surface area contributed by atoms with Crippen LogP contribution in [0.2, 0.25) is 0 Å². The van der Waals surface area contributed by atoms with E-state index in [1.165, 1.54) is 0 Å². The van der Waals surface area contributed by atoms with Crippen molar-refractivity contribution in [1.82, 2.24) is 4.98 Å². The lowest BCUT2D eigenvalue weighted by Gasteiger charge is -1.93. The van der Waals surface area contributed by atoms with Crippen LogP contribution in [0.25, 0.3) is 11.1 Å². The van der Waals surface area contributed by atoms with Crippen LogP contribution in [-0.2, 0) is 9.84 Å². The van der Waals surface area contributed by atoms with Gasteiger partial charge in [0.15, 0.2) is 5.58 Å². The SMILES string of the molecule is O=S(=O)(CCCl)c1nc2ccccc2o1. The van der Waals surface area contributed by atoms with Crippen LogP contribution in [0.3, 0.4) is 0 Å². The van der Waals surface area contributed by atoms with Gasteiger partial charge in [-0.05, 0) is 12.1 Å². The predicted octanol–water partition coefficient (Wildman–Crippen LogP) is 1.84. The third-order valence-electron chi connectivity index (χ3n) is 1.89. The quantitative estimate of drug-likeness (QED) is 0.775. The lowest BCUT2D eigenvalue weighted by atomic mass is 10.3. The van der Waals surface area contributed by atoms with Crippen LogP contribution < -0.4 is 0 Å². The van der Waals surface area contributed by atoms with E-state index in [1.807, 2.05) is 0 Å². The van der Waals surface area contributed by atoms with Crippen LogP contribution in [0.4, 0.5) is 0 Å². The van der Waals surface area contributed by atoms with Gasteiger partial charge in [-0.2, -0.15) is 4.98 Å². The molecule has 0 atom stereocenters. The molecule has 0 amide bonds. The van der Waals surface area contributed by atoms with E-state index in [4.69, 9.17) is 16.0 Å². The molecule has 0 N–H and O–H groups in total. The molecular weight excluding hydrogens is 238 g/mol. The molecule has 2 rings (SSSR count). The van der Waals surface area contributed by atoms with Crippen LogP contribution in [0, 0.1) is 0 Å². The molecular formula is C9H8ClNO3S. The maximum absolute atomic E-state index is 11.6. The normalized spacial score (nSPS) is 12.1. The molecule has 6 heteroatoms. The van der Waals surface area contributed by atoms with E-state index in [-0.39, 0.29) is 16.9 Å². The Hall–Kier alpha value is -1.07. The highest BCUT2D eigenvalue weighted by molar-refractivity contribution is 7.91. The Balaban J connectivity index is 2.54. The molecule has 0 radical (unpaired) electrons. The first kappa shape index (κ1) is 10.4. The predicted molar refractivity (Wildman–Crippen MR) is 56.8 cm³/mol. The van der Waals surface area contributed by atoms with E-state index in [0.717, 1.165) is 0 Å². The van der Waals surface area contributed by atoms with E-state index < -0.39 is 9.84 Å². The van der Waals surface area contributed by atoms with Crippen LogP contribution in [0.5, 0.6) is 0 Å². The molecule has 80 valence electrons. The van der Waals surface area contributed by atoms with Crippen LogP contribution in [0.15, 0.2) is 33.9 Å². The third kappa shape index (κ3) is 1.98. The molecule has 0 aliphatic rings. The van der Waals surface area contributed by atoms with E-state index >= 15 is 0 Å². The molecule has 4 nitrogen and oxygen atoms in total. The number of hydrogen-bond acceptors (Lipinski definition) is 4. The van der Waals surface area contributed by atoms with Gasteiger partial charge in [-0.15, -0.1) is 11.6 Å². The molecule has 0 bridgehead atoms. The number of benzene rings is 1. The van der Waals surface area contributed by atoms with Crippen molar-refractivity contribution in [1.29, 1.82) is 0 Å². The number of aromatic nitrogens is 1. The minimum Gasteiger partial charge on any atom is -0.428 e. The van der Waals surface area contributed by atoms with Gasteiger partial charge in [0.2, 0.25) is 9.84 Å². The first-order chi connectivity index (χ1) is 7.13. The minimum absolute atomic E-state index is 0.0288.